The summed E-state index contributed by atoms with van der Waals surface area (Å²) in [4.78, 5) is 15.9. The number of carbonyl (C=O) groups is 1. The standard InChI is InChI=1S/C25H23NO3/c1-16(13-22-11-9-18-5-3-4-6-24(18)26-22)29-23-12-10-20-14-19(17(2)25(27)28)7-8-21(20)15-23/h3-12,14-17H,13H2,1-2H3,(H,27,28). The Labute approximate surface area is 169 Å². The van der Waals surface area contributed by atoms with Crippen molar-refractivity contribution in [2.75, 3.05) is 0 Å². The van der Waals surface area contributed by atoms with Crippen LogP contribution in [0, 0.1) is 0 Å². The van der Waals surface area contributed by atoms with Crippen molar-refractivity contribution < 1.29 is 14.6 Å². The molecule has 0 amide bonds. The maximum absolute atomic E-state index is 11.2. The lowest BCUT2D eigenvalue weighted by Crippen LogP contribution is -2.15. The first-order valence-corrected chi connectivity index (χ1v) is 9.77. The molecule has 0 bridgehead atoms. The van der Waals surface area contributed by atoms with Gasteiger partial charge in [-0.15, -0.1) is 0 Å². The second kappa shape index (κ2) is 7.92. The van der Waals surface area contributed by atoms with E-state index in [0.717, 1.165) is 45.1 Å². The number of hydrogen-bond donors (Lipinski definition) is 1. The van der Waals surface area contributed by atoms with Gasteiger partial charge in [0.05, 0.1) is 11.4 Å². The molecule has 146 valence electrons. The van der Waals surface area contributed by atoms with Crippen LogP contribution in [0.15, 0.2) is 72.8 Å². The molecule has 29 heavy (non-hydrogen) atoms. The zero-order chi connectivity index (χ0) is 20.4. The highest BCUT2D eigenvalue weighted by Crippen LogP contribution is 2.26. The summed E-state index contributed by atoms with van der Waals surface area (Å²) >= 11 is 0. The van der Waals surface area contributed by atoms with E-state index in [0.29, 0.717) is 0 Å². The summed E-state index contributed by atoms with van der Waals surface area (Å²) in [5.41, 5.74) is 2.80. The number of hydrogen-bond acceptors (Lipinski definition) is 3. The van der Waals surface area contributed by atoms with E-state index in [4.69, 9.17) is 9.72 Å². The lowest BCUT2D eigenvalue weighted by molar-refractivity contribution is -0.138. The summed E-state index contributed by atoms with van der Waals surface area (Å²) in [5, 5.41) is 12.4. The molecule has 0 aliphatic rings. The van der Waals surface area contributed by atoms with Crippen LogP contribution in [0.3, 0.4) is 0 Å². The van der Waals surface area contributed by atoms with E-state index in [1.807, 2.05) is 67.6 Å². The highest BCUT2D eigenvalue weighted by atomic mass is 16.5. The number of rotatable bonds is 6. The first kappa shape index (κ1) is 18.9. The van der Waals surface area contributed by atoms with Gasteiger partial charge in [0.1, 0.15) is 11.9 Å². The van der Waals surface area contributed by atoms with Gasteiger partial charge in [-0.25, -0.2) is 0 Å². The molecule has 4 nitrogen and oxygen atoms in total. The summed E-state index contributed by atoms with van der Waals surface area (Å²) in [7, 11) is 0. The van der Waals surface area contributed by atoms with E-state index in [1.54, 1.807) is 6.92 Å². The van der Waals surface area contributed by atoms with Crippen molar-refractivity contribution in [1.82, 2.24) is 4.98 Å². The van der Waals surface area contributed by atoms with Crippen molar-refractivity contribution in [2.24, 2.45) is 0 Å². The van der Waals surface area contributed by atoms with Crippen molar-refractivity contribution in [1.29, 1.82) is 0 Å². The fraction of sp³-hybridized carbons (Fsp3) is 0.200. The second-order valence-electron chi connectivity index (χ2n) is 7.46. The number of para-hydroxylation sites is 1. The normalized spacial score (nSPS) is 13.3. The van der Waals surface area contributed by atoms with Crippen molar-refractivity contribution >= 4 is 27.6 Å². The van der Waals surface area contributed by atoms with Gasteiger partial charge in [0.25, 0.3) is 0 Å². The molecule has 1 N–H and O–H groups in total. The fourth-order valence-corrected chi connectivity index (χ4v) is 3.52. The van der Waals surface area contributed by atoms with E-state index in [2.05, 4.69) is 12.1 Å². The largest absolute Gasteiger partial charge is 0.490 e. The molecule has 0 aliphatic carbocycles. The third kappa shape index (κ3) is 4.21. The predicted molar refractivity (Wildman–Crippen MR) is 116 cm³/mol. The third-order valence-electron chi connectivity index (χ3n) is 5.20. The van der Waals surface area contributed by atoms with E-state index in [1.165, 1.54) is 0 Å². The van der Waals surface area contributed by atoms with Crippen LogP contribution in [0.5, 0.6) is 5.75 Å². The van der Waals surface area contributed by atoms with Crippen LogP contribution in [0.25, 0.3) is 21.7 Å². The molecule has 2 unspecified atom stereocenters. The molecule has 4 rings (SSSR count). The Morgan fingerprint density at radius 3 is 2.48 bits per heavy atom. The highest BCUT2D eigenvalue weighted by molar-refractivity contribution is 5.86. The summed E-state index contributed by atoms with van der Waals surface area (Å²) in [6.07, 6.45) is 0.699. The van der Waals surface area contributed by atoms with Crippen molar-refractivity contribution in [2.45, 2.75) is 32.3 Å². The quantitative estimate of drug-likeness (QED) is 0.470. The van der Waals surface area contributed by atoms with Crippen LogP contribution in [0.4, 0.5) is 0 Å². The molecule has 0 saturated carbocycles. The van der Waals surface area contributed by atoms with Gasteiger partial charge in [-0.3, -0.25) is 9.78 Å². The molecule has 0 aliphatic heterocycles. The van der Waals surface area contributed by atoms with E-state index >= 15 is 0 Å². The van der Waals surface area contributed by atoms with E-state index in [9.17, 15) is 9.90 Å². The zero-order valence-electron chi connectivity index (χ0n) is 16.5. The molecule has 0 saturated heterocycles. The molecule has 1 heterocycles. The van der Waals surface area contributed by atoms with Gasteiger partial charge in [0.2, 0.25) is 0 Å². The lowest BCUT2D eigenvalue weighted by Gasteiger charge is -2.15. The molecule has 3 aromatic carbocycles. The van der Waals surface area contributed by atoms with Crippen molar-refractivity contribution in [3.05, 3.63) is 84.1 Å². The fourth-order valence-electron chi connectivity index (χ4n) is 3.52. The predicted octanol–water partition coefficient (Wildman–Crippen LogP) is 5.59. The number of ether oxygens (including phenoxy) is 1. The van der Waals surface area contributed by atoms with Gasteiger partial charge < -0.3 is 9.84 Å². The van der Waals surface area contributed by atoms with Gasteiger partial charge in [-0.05, 0) is 54.4 Å². The van der Waals surface area contributed by atoms with Gasteiger partial charge >= 0.3 is 5.97 Å². The molecule has 4 heteroatoms. The molecule has 0 fully saturated rings. The summed E-state index contributed by atoms with van der Waals surface area (Å²) in [5.74, 6) is -0.546. The number of pyridine rings is 1. The molecule has 2 atom stereocenters. The Balaban J connectivity index is 1.49. The lowest BCUT2D eigenvalue weighted by atomic mass is 9.98. The van der Waals surface area contributed by atoms with E-state index in [-0.39, 0.29) is 6.10 Å². The maximum atomic E-state index is 11.2. The third-order valence-corrected chi connectivity index (χ3v) is 5.20. The van der Waals surface area contributed by atoms with Gasteiger partial charge in [0.15, 0.2) is 0 Å². The molecular formula is C25H23NO3. The highest BCUT2D eigenvalue weighted by Gasteiger charge is 2.14. The summed E-state index contributed by atoms with van der Waals surface area (Å²) in [6, 6.07) is 23.9. The Morgan fingerprint density at radius 1 is 0.931 bits per heavy atom. The molecule has 0 radical (unpaired) electrons. The molecular weight excluding hydrogens is 362 g/mol. The SMILES string of the molecule is CC(Cc1ccc2ccccc2n1)Oc1ccc2cc(C(C)C(=O)O)ccc2c1. The van der Waals surface area contributed by atoms with Gasteiger partial charge in [-0.1, -0.05) is 48.5 Å². The first-order valence-electron chi connectivity index (χ1n) is 9.77. The van der Waals surface area contributed by atoms with Crippen molar-refractivity contribution in [3.8, 4) is 5.75 Å². The van der Waals surface area contributed by atoms with Crippen LogP contribution in [-0.4, -0.2) is 22.2 Å². The Hall–Kier alpha value is -3.40. The van der Waals surface area contributed by atoms with Crippen LogP contribution >= 0.6 is 0 Å². The smallest absolute Gasteiger partial charge is 0.310 e. The van der Waals surface area contributed by atoms with Crippen LogP contribution in [-0.2, 0) is 11.2 Å². The number of benzene rings is 3. The van der Waals surface area contributed by atoms with Crippen molar-refractivity contribution in [3.63, 3.8) is 0 Å². The van der Waals surface area contributed by atoms with E-state index < -0.39 is 11.9 Å². The average Bonchev–Trinajstić information content (AvgIpc) is 2.72. The van der Waals surface area contributed by atoms with Gasteiger partial charge in [-0.2, -0.15) is 0 Å². The minimum atomic E-state index is -0.819. The second-order valence-corrected chi connectivity index (χ2v) is 7.46. The number of carboxylic acid groups (broad SMARTS) is 1. The number of aromatic nitrogens is 1. The van der Waals surface area contributed by atoms with Crippen LogP contribution in [0.1, 0.15) is 31.0 Å². The average molecular weight is 385 g/mol. The number of fused-ring (bicyclic) bond motifs is 2. The molecule has 0 spiro atoms. The maximum Gasteiger partial charge on any atom is 0.310 e. The number of carboxylic acids is 1. The number of nitrogens with zero attached hydrogens (tertiary/aromatic N) is 1. The van der Waals surface area contributed by atoms with Crippen LogP contribution in [0.2, 0.25) is 0 Å². The monoisotopic (exact) mass is 385 g/mol. The molecule has 1 aromatic heterocycles. The number of aliphatic carboxylic acids is 1. The first-order chi connectivity index (χ1) is 14.0. The summed E-state index contributed by atoms with van der Waals surface area (Å²) < 4.78 is 6.12. The summed E-state index contributed by atoms with van der Waals surface area (Å²) in [6.45, 7) is 3.74. The zero-order valence-corrected chi connectivity index (χ0v) is 16.5. The Kier molecular flexibility index (Phi) is 5.17. The topological polar surface area (TPSA) is 59.4 Å². The molecule has 4 aromatic rings. The Bertz CT molecular complexity index is 1180. The van der Waals surface area contributed by atoms with Crippen LogP contribution < -0.4 is 4.74 Å². The van der Waals surface area contributed by atoms with Gasteiger partial charge in [0, 0.05) is 17.5 Å². The minimum Gasteiger partial charge on any atom is -0.490 e. The minimum absolute atomic E-state index is 0.0209. The Morgan fingerprint density at radius 2 is 1.66 bits per heavy atom.